The highest BCUT2D eigenvalue weighted by Gasteiger charge is 2.17. The Morgan fingerprint density at radius 3 is 2.59 bits per heavy atom. The zero-order chi connectivity index (χ0) is 12.4. The van der Waals surface area contributed by atoms with E-state index in [2.05, 4.69) is 10.1 Å². The molecule has 6 heteroatoms. The standard InChI is InChI=1S/C11H12N4O2/c1-14-6-8(12-7-14)10(16)5-11(17)9-3-4-13-15(9)2/h3-4,6-7H,5H2,1-2H3. The van der Waals surface area contributed by atoms with E-state index in [9.17, 15) is 9.59 Å². The van der Waals surface area contributed by atoms with Gasteiger partial charge in [0.2, 0.25) is 0 Å². The summed E-state index contributed by atoms with van der Waals surface area (Å²) in [5, 5.41) is 3.89. The van der Waals surface area contributed by atoms with Crippen LogP contribution in [0, 0.1) is 0 Å². The Morgan fingerprint density at radius 2 is 2.06 bits per heavy atom. The third kappa shape index (κ3) is 2.30. The van der Waals surface area contributed by atoms with E-state index in [0.29, 0.717) is 11.4 Å². The minimum absolute atomic E-state index is 0.184. The molecule has 0 atom stereocenters. The number of hydrogen-bond donors (Lipinski definition) is 0. The smallest absolute Gasteiger partial charge is 0.190 e. The molecule has 6 nitrogen and oxygen atoms in total. The van der Waals surface area contributed by atoms with E-state index in [1.165, 1.54) is 17.2 Å². The molecule has 2 aromatic heterocycles. The summed E-state index contributed by atoms with van der Waals surface area (Å²) >= 11 is 0. The lowest BCUT2D eigenvalue weighted by Crippen LogP contribution is -2.12. The molecular formula is C11H12N4O2. The van der Waals surface area contributed by atoms with Crippen LogP contribution in [0.15, 0.2) is 24.8 Å². The third-order valence-electron chi connectivity index (χ3n) is 2.42. The molecule has 0 saturated carbocycles. The van der Waals surface area contributed by atoms with Gasteiger partial charge in [0.1, 0.15) is 11.4 Å². The van der Waals surface area contributed by atoms with Crippen LogP contribution in [0.3, 0.4) is 0 Å². The molecular weight excluding hydrogens is 220 g/mol. The van der Waals surface area contributed by atoms with Gasteiger partial charge in [-0.3, -0.25) is 14.3 Å². The van der Waals surface area contributed by atoms with Gasteiger partial charge in [0.05, 0.1) is 12.7 Å². The average Bonchev–Trinajstić information content (AvgIpc) is 2.86. The fourth-order valence-corrected chi connectivity index (χ4v) is 1.53. The molecule has 0 aromatic carbocycles. The fourth-order valence-electron chi connectivity index (χ4n) is 1.53. The van der Waals surface area contributed by atoms with Crippen LogP contribution >= 0.6 is 0 Å². The summed E-state index contributed by atoms with van der Waals surface area (Å²) in [5.74, 6) is -0.530. The van der Waals surface area contributed by atoms with Crippen molar-refractivity contribution in [1.29, 1.82) is 0 Å². The number of nitrogens with zero attached hydrogens (tertiary/aromatic N) is 4. The first-order chi connectivity index (χ1) is 8.08. The number of imidazole rings is 1. The zero-order valence-electron chi connectivity index (χ0n) is 9.62. The van der Waals surface area contributed by atoms with Crippen LogP contribution in [0.1, 0.15) is 27.4 Å². The summed E-state index contributed by atoms with van der Waals surface area (Å²) in [6, 6.07) is 1.59. The maximum absolute atomic E-state index is 11.8. The van der Waals surface area contributed by atoms with Gasteiger partial charge in [-0.1, -0.05) is 0 Å². The molecule has 0 N–H and O–H groups in total. The number of Topliss-reactive ketones (excluding diaryl/α,β-unsaturated/α-hetero) is 2. The Labute approximate surface area is 97.9 Å². The molecule has 0 unspecified atom stereocenters. The molecule has 0 saturated heterocycles. The van der Waals surface area contributed by atoms with Gasteiger partial charge in [-0.05, 0) is 6.07 Å². The summed E-state index contributed by atoms with van der Waals surface area (Å²) in [6.07, 6.45) is 4.47. The van der Waals surface area contributed by atoms with Crippen molar-refractivity contribution in [1.82, 2.24) is 19.3 Å². The van der Waals surface area contributed by atoms with Gasteiger partial charge in [0.25, 0.3) is 0 Å². The van der Waals surface area contributed by atoms with Crippen LogP contribution < -0.4 is 0 Å². The van der Waals surface area contributed by atoms with E-state index >= 15 is 0 Å². The van der Waals surface area contributed by atoms with E-state index in [1.54, 1.807) is 30.9 Å². The number of aromatic nitrogens is 4. The quantitative estimate of drug-likeness (QED) is 0.572. The maximum atomic E-state index is 11.8. The molecule has 17 heavy (non-hydrogen) atoms. The fraction of sp³-hybridized carbons (Fsp3) is 0.273. The summed E-state index contributed by atoms with van der Waals surface area (Å²) in [4.78, 5) is 27.5. The Hall–Kier alpha value is -2.24. The van der Waals surface area contributed by atoms with Gasteiger partial charge >= 0.3 is 0 Å². The molecule has 0 spiro atoms. The van der Waals surface area contributed by atoms with Crippen LogP contribution in [0.5, 0.6) is 0 Å². The van der Waals surface area contributed by atoms with Gasteiger partial charge in [0, 0.05) is 26.5 Å². The molecule has 0 aliphatic heterocycles. The second-order valence-corrected chi connectivity index (χ2v) is 3.79. The van der Waals surface area contributed by atoms with E-state index < -0.39 is 0 Å². The van der Waals surface area contributed by atoms with Crippen LogP contribution in [0.4, 0.5) is 0 Å². The van der Waals surface area contributed by atoms with Gasteiger partial charge < -0.3 is 4.57 Å². The Kier molecular flexibility index (Phi) is 2.86. The van der Waals surface area contributed by atoms with Crippen molar-refractivity contribution in [3.05, 3.63) is 36.2 Å². The molecule has 0 aliphatic rings. The maximum Gasteiger partial charge on any atom is 0.190 e. The highest BCUT2D eigenvalue weighted by Crippen LogP contribution is 2.06. The number of carbonyl (C=O) groups is 2. The molecule has 0 fully saturated rings. The van der Waals surface area contributed by atoms with Crippen molar-refractivity contribution in [2.24, 2.45) is 14.1 Å². The third-order valence-corrected chi connectivity index (χ3v) is 2.42. The number of carbonyl (C=O) groups excluding carboxylic acids is 2. The second-order valence-electron chi connectivity index (χ2n) is 3.79. The molecule has 0 radical (unpaired) electrons. The highest BCUT2D eigenvalue weighted by molar-refractivity contribution is 6.12. The molecule has 2 aromatic rings. The van der Waals surface area contributed by atoms with Crippen LogP contribution in [-0.4, -0.2) is 30.9 Å². The Morgan fingerprint density at radius 1 is 1.29 bits per heavy atom. The normalized spacial score (nSPS) is 10.5. The Balaban J connectivity index is 2.10. The first kappa shape index (κ1) is 11.3. The largest absolute Gasteiger partial charge is 0.340 e. The SMILES string of the molecule is Cn1cnc(C(=O)CC(=O)c2ccnn2C)c1. The van der Waals surface area contributed by atoms with Crippen LogP contribution in [-0.2, 0) is 14.1 Å². The monoisotopic (exact) mass is 232 g/mol. The summed E-state index contributed by atoms with van der Waals surface area (Å²) < 4.78 is 3.12. The summed E-state index contributed by atoms with van der Waals surface area (Å²) in [6.45, 7) is 0. The van der Waals surface area contributed by atoms with Crippen molar-refractivity contribution in [3.8, 4) is 0 Å². The van der Waals surface area contributed by atoms with Gasteiger partial charge in [-0.25, -0.2) is 4.98 Å². The van der Waals surface area contributed by atoms with E-state index in [0.717, 1.165) is 0 Å². The Bertz CT molecular complexity index is 568. The minimum atomic E-state index is -0.281. The molecule has 88 valence electrons. The van der Waals surface area contributed by atoms with Crippen molar-refractivity contribution in [2.75, 3.05) is 0 Å². The molecule has 2 rings (SSSR count). The van der Waals surface area contributed by atoms with Crippen molar-refractivity contribution in [3.63, 3.8) is 0 Å². The zero-order valence-corrected chi connectivity index (χ0v) is 9.62. The lowest BCUT2D eigenvalue weighted by molar-refractivity contribution is 0.0886. The molecule has 0 bridgehead atoms. The first-order valence-corrected chi connectivity index (χ1v) is 5.10. The first-order valence-electron chi connectivity index (χ1n) is 5.10. The van der Waals surface area contributed by atoms with E-state index in [1.807, 2.05) is 0 Å². The number of ketones is 2. The predicted octanol–water partition coefficient (Wildman–Crippen LogP) is 0.609. The van der Waals surface area contributed by atoms with Crippen LogP contribution in [0.25, 0.3) is 0 Å². The van der Waals surface area contributed by atoms with E-state index in [-0.39, 0.29) is 18.0 Å². The number of rotatable bonds is 4. The predicted molar refractivity (Wildman–Crippen MR) is 59.7 cm³/mol. The van der Waals surface area contributed by atoms with Crippen LogP contribution in [0.2, 0.25) is 0 Å². The molecule has 0 aliphatic carbocycles. The second kappa shape index (κ2) is 4.32. The average molecular weight is 232 g/mol. The minimum Gasteiger partial charge on any atom is -0.340 e. The highest BCUT2D eigenvalue weighted by atomic mass is 16.1. The topological polar surface area (TPSA) is 69.8 Å². The number of hydrogen-bond acceptors (Lipinski definition) is 4. The molecule has 0 amide bonds. The lowest BCUT2D eigenvalue weighted by atomic mass is 10.1. The molecule has 2 heterocycles. The van der Waals surface area contributed by atoms with Gasteiger partial charge in [-0.2, -0.15) is 5.10 Å². The summed E-state index contributed by atoms with van der Waals surface area (Å²) in [5.41, 5.74) is 0.734. The van der Waals surface area contributed by atoms with Crippen molar-refractivity contribution < 1.29 is 9.59 Å². The summed E-state index contributed by atoms with van der Waals surface area (Å²) in [7, 11) is 3.44. The van der Waals surface area contributed by atoms with Crippen molar-refractivity contribution in [2.45, 2.75) is 6.42 Å². The number of aryl methyl sites for hydroxylation is 2. The van der Waals surface area contributed by atoms with Gasteiger partial charge in [0.15, 0.2) is 11.6 Å². The van der Waals surface area contributed by atoms with Crippen molar-refractivity contribution >= 4 is 11.6 Å². The van der Waals surface area contributed by atoms with E-state index in [4.69, 9.17) is 0 Å². The lowest BCUT2D eigenvalue weighted by Gasteiger charge is -1.99. The van der Waals surface area contributed by atoms with Gasteiger partial charge in [-0.15, -0.1) is 0 Å².